The highest BCUT2D eigenvalue weighted by Gasteiger charge is 2.09. The van der Waals surface area contributed by atoms with Crippen LogP contribution in [-0.2, 0) is 0 Å². The largest absolute Gasteiger partial charge is 0.496 e. The van der Waals surface area contributed by atoms with Crippen molar-refractivity contribution in [3.63, 3.8) is 0 Å². The molecule has 0 radical (unpaired) electrons. The van der Waals surface area contributed by atoms with Crippen LogP contribution in [0, 0.1) is 18.3 Å². The van der Waals surface area contributed by atoms with E-state index in [1.165, 1.54) is 0 Å². The van der Waals surface area contributed by atoms with Gasteiger partial charge in [-0.1, -0.05) is 12.1 Å². The van der Waals surface area contributed by atoms with Crippen LogP contribution in [0.3, 0.4) is 0 Å². The monoisotopic (exact) mass is 190 g/mol. The molecule has 0 amide bonds. The van der Waals surface area contributed by atoms with E-state index in [1.54, 1.807) is 7.11 Å². The number of nitriles is 1. The molecule has 2 N–H and O–H groups in total. The summed E-state index contributed by atoms with van der Waals surface area (Å²) in [5, 5.41) is 8.84. The summed E-state index contributed by atoms with van der Waals surface area (Å²) in [4.78, 5) is 0. The SMILES string of the molecule is COc1ccc(C(C#N)CN)cc1C. The molecule has 74 valence electrons. The third kappa shape index (κ3) is 2.04. The minimum atomic E-state index is -0.223. The van der Waals surface area contributed by atoms with Crippen molar-refractivity contribution < 1.29 is 4.74 Å². The van der Waals surface area contributed by atoms with E-state index in [0.29, 0.717) is 6.54 Å². The van der Waals surface area contributed by atoms with E-state index in [9.17, 15) is 0 Å². The second-order valence-electron chi connectivity index (χ2n) is 3.15. The highest BCUT2D eigenvalue weighted by atomic mass is 16.5. The molecule has 0 aliphatic heterocycles. The molecule has 0 aromatic heterocycles. The van der Waals surface area contributed by atoms with Gasteiger partial charge in [-0.25, -0.2) is 0 Å². The molecule has 1 aromatic carbocycles. The van der Waals surface area contributed by atoms with Crippen molar-refractivity contribution in [3.05, 3.63) is 29.3 Å². The minimum absolute atomic E-state index is 0.223. The van der Waals surface area contributed by atoms with Gasteiger partial charge in [-0.2, -0.15) is 5.26 Å². The molecule has 1 aromatic rings. The number of nitrogens with two attached hydrogens (primary N) is 1. The number of aryl methyl sites for hydroxylation is 1. The van der Waals surface area contributed by atoms with Crippen molar-refractivity contribution in [2.24, 2.45) is 5.73 Å². The molecule has 0 spiro atoms. The maximum absolute atomic E-state index is 8.84. The Balaban J connectivity index is 3.03. The van der Waals surface area contributed by atoms with Crippen molar-refractivity contribution in [2.45, 2.75) is 12.8 Å². The molecule has 1 unspecified atom stereocenters. The molecule has 0 saturated heterocycles. The van der Waals surface area contributed by atoms with Crippen molar-refractivity contribution in [1.29, 1.82) is 5.26 Å². The lowest BCUT2D eigenvalue weighted by molar-refractivity contribution is 0.411. The molecule has 1 rings (SSSR count). The number of methoxy groups -OCH3 is 1. The van der Waals surface area contributed by atoms with Crippen LogP contribution in [0.25, 0.3) is 0 Å². The second kappa shape index (κ2) is 4.64. The first-order valence-electron chi connectivity index (χ1n) is 4.47. The highest BCUT2D eigenvalue weighted by Crippen LogP contribution is 2.22. The van der Waals surface area contributed by atoms with Gasteiger partial charge >= 0.3 is 0 Å². The van der Waals surface area contributed by atoms with Crippen LogP contribution in [0.2, 0.25) is 0 Å². The molecule has 3 heteroatoms. The summed E-state index contributed by atoms with van der Waals surface area (Å²) in [6.45, 7) is 2.30. The first kappa shape index (κ1) is 10.6. The first-order chi connectivity index (χ1) is 6.72. The minimum Gasteiger partial charge on any atom is -0.496 e. The molecule has 1 atom stereocenters. The summed E-state index contributed by atoms with van der Waals surface area (Å²) >= 11 is 0. The van der Waals surface area contributed by atoms with E-state index in [4.69, 9.17) is 15.7 Å². The highest BCUT2D eigenvalue weighted by molar-refractivity contribution is 5.39. The Hall–Kier alpha value is -1.53. The Labute approximate surface area is 84.1 Å². The Kier molecular flexibility index (Phi) is 3.49. The van der Waals surface area contributed by atoms with E-state index < -0.39 is 0 Å². The second-order valence-corrected chi connectivity index (χ2v) is 3.15. The lowest BCUT2D eigenvalue weighted by atomic mass is 9.99. The maximum Gasteiger partial charge on any atom is 0.121 e. The fourth-order valence-corrected chi connectivity index (χ4v) is 1.38. The smallest absolute Gasteiger partial charge is 0.121 e. The summed E-state index contributed by atoms with van der Waals surface area (Å²) in [6.07, 6.45) is 0. The van der Waals surface area contributed by atoms with Gasteiger partial charge in [0.25, 0.3) is 0 Å². The van der Waals surface area contributed by atoms with Crippen LogP contribution >= 0.6 is 0 Å². The van der Waals surface area contributed by atoms with E-state index >= 15 is 0 Å². The van der Waals surface area contributed by atoms with Gasteiger partial charge in [0.2, 0.25) is 0 Å². The lowest BCUT2D eigenvalue weighted by Gasteiger charge is -2.09. The molecule has 0 fully saturated rings. The Morgan fingerprint density at radius 2 is 2.29 bits per heavy atom. The van der Waals surface area contributed by atoms with E-state index in [1.807, 2.05) is 25.1 Å². The normalized spacial score (nSPS) is 11.9. The van der Waals surface area contributed by atoms with Crippen molar-refractivity contribution in [2.75, 3.05) is 13.7 Å². The third-order valence-corrected chi connectivity index (χ3v) is 2.21. The zero-order valence-electron chi connectivity index (χ0n) is 8.45. The molecule has 0 saturated carbocycles. The summed E-state index contributed by atoms with van der Waals surface area (Å²) in [5.74, 6) is 0.613. The van der Waals surface area contributed by atoms with Crippen LogP contribution < -0.4 is 10.5 Å². The zero-order valence-corrected chi connectivity index (χ0v) is 8.45. The maximum atomic E-state index is 8.84. The topological polar surface area (TPSA) is 59.0 Å². The standard InChI is InChI=1S/C11H14N2O/c1-8-5-9(10(6-12)7-13)3-4-11(8)14-2/h3-5,10H,6,12H2,1-2H3. The average Bonchev–Trinajstić information content (AvgIpc) is 2.20. The summed E-state index contributed by atoms with van der Waals surface area (Å²) in [6, 6.07) is 7.86. The molecule has 0 bridgehead atoms. The van der Waals surface area contributed by atoms with Crippen LogP contribution in [0.1, 0.15) is 17.0 Å². The fourth-order valence-electron chi connectivity index (χ4n) is 1.38. The first-order valence-corrected chi connectivity index (χ1v) is 4.47. The number of hydrogen-bond donors (Lipinski definition) is 1. The number of hydrogen-bond acceptors (Lipinski definition) is 3. The van der Waals surface area contributed by atoms with Gasteiger partial charge in [0.05, 0.1) is 19.1 Å². The van der Waals surface area contributed by atoms with Gasteiger partial charge in [-0.15, -0.1) is 0 Å². The van der Waals surface area contributed by atoms with Gasteiger partial charge in [0, 0.05) is 6.54 Å². The van der Waals surface area contributed by atoms with Crippen LogP contribution in [-0.4, -0.2) is 13.7 Å². The predicted molar refractivity (Wildman–Crippen MR) is 55.1 cm³/mol. The van der Waals surface area contributed by atoms with Crippen LogP contribution in [0.5, 0.6) is 5.75 Å². The number of ether oxygens (including phenoxy) is 1. The zero-order chi connectivity index (χ0) is 10.6. The van der Waals surface area contributed by atoms with Crippen LogP contribution in [0.4, 0.5) is 0 Å². The molecule has 14 heavy (non-hydrogen) atoms. The molecule has 0 aliphatic carbocycles. The molecule has 0 heterocycles. The third-order valence-electron chi connectivity index (χ3n) is 2.21. The average molecular weight is 190 g/mol. The van der Waals surface area contributed by atoms with E-state index in [2.05, 4.69) is 6.07 Å². The Morgan fingerprint density at radius 1 is 1.57 bits per heavy atom. The summed E-state index contributed by atoms with van der Waals surface area (Å²) in [7, 11) is 1.63. The van der Waals surface area contributed by atoms with Crippen molar-refractivity contribution in [1.82, 2.24) is 0 Å². The van der Waals surface area contributed by atoms with E-state index in [-0.39, 0.29) is 5.92 Å². The van der Waals surface area contributed by atoms with Crippen molar-refractivity contribution >= 4 is 0 Å². The van der Waals surface area contributed by atoms with Crippen LogP contribution in [0.15, 0.2) is 18.2 Å². The quantitative estimate of drug-likeness (QED) is 0.787. The van der Waals surface area contributed by atoms with Gasteiger partial charge in [0.1, 0.15) is 5.75 Å². The number of rotatable bonds is 3. The lowest BCUT2D eigenvalue weighted by Crippen LogP contribution is -2.10. The molecule has 3 nitrogen and oxygen atoms in total. The molecular formula is C11H14N2O. The molecule has 0 aliphatic rings. The summed E-state index contributed by atoms with van der Waals surface area (Å²) < 4.78 is 5.13. The number of benzene rings is 1. The van der Waals surface area contributed by atoms with E-state index in [0.717, 1.165) is 16.9 Å². The molecular weight excluding hydrogens is 176 g/mol. The Morgan fingerprint density at radius 3 is 2.71 bits per heavy atom. The Bertz CT molecular complexity index is 355. The predicted octanol–water partition coefficient (Wildman–Crippen LogP) is 1.57. The number of nitrogens with zero attached hydrogens (tertiary/aromatic N) is 1. The van der Waals surface area contributed by atoms with Gasteiger partial charge in [-0.05, 0) is 24.1 Å². The van der Waals surface area contributed by atoms with Crippen molar-refractivity contribution in [3.8, 4) is 11.8 Å². The summed E-state index contributed by atoms with van der Waals surface area (Å²) in [5.41, 5.74) is 7.46. The fraction of sp³-hybridized carbons (Fsp3) is 0.364. The van der Waals surface area contributed by atoms with Gasteiger partial charge in [0.15, 0.2) is 0 Å². The van der Waals surface area contributed by atoms with Gasteiger partial charge < -0.3 is 10.5 Å². The van der Waals surface area contributed by atoms with Gasteiger partial charge in [-0.3, -0.25) is 0 Å².